The first-order chi connectivity index (χ1) is 12.8. The summed E-state index contributed by atoms with van der Waals surface area (Å²) in [4.78, 5) is 9.10. The van der Waals surface area contributed by atoms with Crippen LogP contribution in [0, 0.1) is 0 Å². The molecule has 0 unspecified atom stereocenters. The number of rotatable bonds is 6. The molecule has 0 amide bonds. The van der Waals surface area contributed by atoms with Gasteiger partial charge in [0.1, 0.15) is 5.75 Å². The van der Waals surface area contributed by atoms with E-state index in [1.54, 1.807) is 7.11 Å². The zero-order chi connectivity index (χ0) is 18.2. The van der Waals surface area contributed by atoms with Gasteiger partial charge < -0.3 is 15.4 Å². The van der Waals surface area contributed by atoms with Crippen LogP contribution in [-0.4, -0.2) is 24.6 Å². The fraction of sp³-hybridized carbons (Fsp3) is 0.238. The van der Waals surface area contributed by atoms with E-state index < -0.39 is 0 Å². The van der Waals surface area contributed by atoms with E-state index in [4.69, 9.17) is 4.74 Å². The summed E-state index contributed by atoms with van der Waals surface area (Å²) in [5.74, 6) is 1.63. The van der Waals surface area contributed by atoms with Gasteiger partial charge in [-0.05, 0) is 30.7 Å². The second-order valence-corrected chi connectivity index (χ2v) is 5.85. The molecular formula is C21H25IN4O. The van der Waals surface area contributed by atoms with Crippen LogP contribution in [0.3, 0.4) is 0 Å². The number of aromatic nitrogens is 1. The number of guanidine groups is 1. The van der Waals surface area contributed by atoms with Crippen molar-refractivity contribution < 1.29 is 4.74 Å². The van der Waals surface area contributed by atoms with E-state index >= 15 is 0 Å². The van der Waals surface area contributed by atoms with Gasteiger partial charge in [-0.25, -0.2) is 4.99 Å². The lowest BCUT2D eigenvalue weighted by atomic mass is 10.1. The molecule has 0 saturated heterocycles. The number of benzene rings is 2. The van der Waals surface area contributed by atoms with Crippen molar-refractivity contribution in [2.24, 2.45) is 4.99 Å². The van der Waals surface area contributed by atoms with E-state index in [9.17, 15) is 0 Å². The number of pyridine rings is 1. The van der Waals surface area contributed by atoms with Gasteiger partial charge in [0.05, 0.1) is 19.2 Å². The van der Waals surface area contributed by atoms with E-state index in [0.29, 0.717) is 13.1 Å². The molecule has 0 atom stereocenters. The Kier molecular flexibility index (Phi) is 8.32. The fourth-order valence-corrected chi connectivity index (χ4v) is 2.83. The average molecular weight is 476 g/mol. The molecule has 3 rings (SSSR count). The number of methoxy groups -OCH3 is 1. The van der Waals surface area contributed by atoms with Crippen molar-refractivity contribution >= 4 is 40.8 Å². The first-order valence-electron chi connectivity index (χ1n) is 8.78. The highest BCUT2D eigenvalue weighted by molar-refractivity contribution is 14.0. The van der Waals surface area contributed by atoms with Crippen LogP contribution in [0.5, 0.6) is 5.75 Å². The normalized spacial score (nSPS) is 11.0. The van der Waals surface area contributed by atoms with Gasteiger partial charge in [-0.1, -0.05) is 36.4 Å². The minimum absolute atomic E-state index is 0. The molecule has 0 aliphatic rings. The van der Waals surface area contributed by atoms with E-state index in [1.807, 2.05) is 54.7 Å². The third-order valence-corrected chi connectivity index (χ3v) is 4.13. The lowest BCUT2D eigenvalue weighted by Gasteiger charge is -2.13. The predicted octanol–water partition coefficient (Wildman–Crippen LogP) is 4.12. The Morgan fingerprint density at radius 3 is 2.59 bits per heavy atom. The Bertz CT molecular complexity index is 893. The van der Waals surface area contributed by atoms with Crippen LogP contribution in [0.4, 0.5) is 0 Å². The van der Waals surface area contributed by atoms with Gasteiger partial charge in [-0.3, -0.25) is 4.98 Å². The van der Waals surface area contributed by atoms with Crippen LogP contribution in [0.1, 0.15) is 18.1 Å². The number of aliphatic imine (C=N–C) groups is 1. The lowest BCUT2D eigenvalue weighted by molar-refractivity contribution is 0.410. The third-order valence-electron chi connectivity index (χ3n) is 4.13. The minimum atomic E-state index is 0. The first kappa shape index (κ1) is 21.0. The Balaban J connectivity index is 0.00000261. The van der Waals surface area contributed by atoms with Crippen LogP contribution in [0.15, 0.2) is 65.8 Å². The molecule has 27 heavy (non-hydrogen) atoms. The molecule has 0 aliphatic heterocycles. The van der Waals surface area contributed by atoms with E-state index in [0.717, 1.165) is 34.7 Å². The van der Waals surface area contributed by atoms with Crippen LogP contribution in [0.25, 0.3) is 10.9 Å². The van der Waals surface area contributed by atoms with Crippen molar-refractivity contribution in [1.82, 2.24) is 15.6 Å². The topological polar surface area (TPSA) is 58.5 Å². The summed E-state index contributed by atoms with van der Waals surface area (Å²) in [5.41, 5.74) is 3.25. The van der Waals surface area contributed by atoms with Crippen molar-refractivity contribution in [1.29, 1.82) is 0 Å². The molecule has 3 aromatic rings. The number of halogens is 1. The summed E-state index contributed by atoms with van der Waals surface area (Å²) in [6, 6.07) is 18.1. The van der Waals surface area contributed by atoms with Crippen molar-refractivity contribution in [3.05, 3.63) is 71.9 Å². The Morgan fingerprint density at radius 1 is 1.00 bits per heavy atom. The zero-order valence-corrected chi connectivity index (χ0v) is 17.9. The Morgan fingerprint density at radius 2 is 1.78 bits per heavy atom. The number of ether oxygens (including phenoxy) is 1. The summed E-state index contributed by atoms with van der Waals surface area (Å²) >= 11 is 0. The summed E-state index contributed by atoms with van der Waals surface area (Å²) in [7, 11) is 1.68. The van der Waals surface area contributed by atoms with Gasteiger partial charge in [-0.15, -0.1) is 24.0 Å². The molecule has 1 heterocycles. The summed E-state index contributed by atoms with van der Waals surface area (Å²) in [6.45, 7) is 4.09. The first-order valence-corrected chi connectivity index (χ1v) is 8.78. The highest BCUT2D eigenvalue weighted by atomic mass is 127. The quantitative estimate of drug-likeness (QED) is 0.320. The summed E-state index contributed by atoms with van der Waals surface area (Å²) < 4.78 is 5.40. The minimum Gasteiger partial charge on any atom is -0.496 e. The maximum absolute atomic E-state index is 5.40. The number of fused-ring (bicyclic) bond motifs is 1. The molecule has 0 aliphatic carbocycles. The van der Waals surface area contributed by atoms with Gasteiger partial charge in [0.2, 0.25) is 0 Å². The second kappa shape index (κ2) is 10.7. The monoisotopic (exact) mass is 476 g/mol. The molecule has 0 radical (unpaired) electrons. The predicted molar refractivity (Wildman–Crippen MR) is 122 cm³/mol. The molecule has 0 bridgehead atoms. The summed E-state index contributed by atoms with van der Waals surface area (Å²) in [6.07, 6.45) is 1.85. The fourth-order valence-electron chi connectivity index (χ4n) is 2.83. The largest absolute Gasteiger partial charge is 0.496 e. The molecule has 2 N–H and O–H groups in total. The van der Waals surface area contributed by atoms with Crippen molar-refractivity contribution in [3.63, 3.8) is 0 Å². The standard InChI is InChI=1S/C21H24N4O.HI/c1-3-22-21(25-15-17-8-4-7-11-20(17)26-2)24-14-16-12-13-23-19-10-6-5-9-18(16)19;/h4-13H,3,14-15H2,1-2H3,(H2,22,24,25);1H. The van der Waals surface area contributed by atoms with Gasteiger partial charge in [0.15, 0.2) is 5.96 Å². The van der Waals surface area contributed by atoms with Crippen LogP contribution < -0.4 is 15.4 Å². The SMILES string of the molecule is CCNC(=NCc1ccccc1OC)NCc1ccnc2ccccc12.I. The molecule has 142 valence electrons. The molecule has 1 aromatic heterocycles. The van der Waals surface area contributed by atoms with E-state index in [2.05, 4.69) is 33.6 Å². The second-order valence-electron chi connectivity index (χ2n) is 5.85. The number of nitrogens with zero attached hydrogens (tertiary/aromatic N) is 2. The van der Waals surface area contributed by atoms with E-state index in [1.165, 1.54) is 5.56 Å². The third kappa shape index (κ3) is 5.56. The van der Waals surface area contributed by atoms with Crippen LogP contribution in [0.2, 0.25) is 0 Å². The number of para-hydroxylation sites is 2. The van der Waals surface area contributed by atoms with Crippen molar-refractivity contribution in [3.8, 4) is 5.75 Å². The van der Waals surface area contributed by atoms with Crippen LogP contribution in [-0.2, 0) is 13.1 Å². The molecule has 5 nitrogen and oxygen atoms in total. The van der Waals surface area contributed by atoms with Crippen LogP contribution >= 0.6 is 24.0 Å². The maximum Gasteiger partial charge on any atom is 0.191 e. The maximum atomic E-state index is 5.40. The van der Waals surface area contributed by atoms with Gasteiger partial charge in [-0.2, -0.15) is 0 Å². The highest BCUT2D eigenvalue weighted by Crippen LogP contribution is 2.18. The number of hydrogen-bond acceptors (Lipinski definition) is 3. The van der Waals surface area contributed by atoms with E-state index in [-0.39, 0.29) is 24.0 Å². The average Bonchev–Trinajstić information content (AvgIpc) is 2.70. The molecule has 0 spiro atoms. The Hall–Kier alpha value is -2.35. The van der Waals surface area contributed by atoms with Crippen molar-refractivity contribution in [2.45, 2.75) is 20.0 Å². The van der Waals surface area contributed by atoms with Gasteiger partial charge in [0.25, 0.3) is 0 Å². The Labute approximate surface area is 177 Å². The number of nitrogens with one attached hydrogen (secondary N) is 2. The molecule has 6 heteroatoms. The smallest absolute Gasteiger partial charge is 0.191 e. The molecule has 0 fully saturated rings. The van der Waals surface area contributed by atoms with Gasteiger partial charge >= 0.3 is 0 Å². The van der Waals surface area contributed by atoms with Crippen molar-refractivity contribution in [2.75, 3.05) is 13.7 Å². The molecule has 2 aromatic carbocycles. The molecule has 0 saturated carbocycles. The van der Waals surface area contributed by atoms with Gasteiger partial charge in [0, 0.05) is 30.2 Å². The summed E-state index contributed by atoms with van der Waals surface area (Å²) in [5, 5.41) is 7.85. The highest BCUT2D eigenvalue weighted by Gasteiger charge is 2.05. The number of hydrogen-bond donors (Lipinski definition) is 2. The lowest BCUT2D eigenvalue weighted by Crippen LogP contribution is -2.36. The molecular weight excluding hydrogens is 451 g/mol. The zero-order valence-electron chi connectivity index (χ0n) is 15.6.